The number of nitrogens with two attached hydrogens (primary N) is 1. The van der Waals surface area contributed by atoms with Crippen LogP contribution in [-0.4, -0.2) is 24.0 Å². The average Bonchev–Trinajstić information content (AvgIpc) is 2.42. The Labute approximate surface area is 120 Å². The van der Waals surface area contributed by atoms with Gasteiger partial charge in [-0.15, -0.1) is 0 Å². The fourth-order valence-corrected chi connectivity index (χ4v) is 2.04. The van der Waals surface area contributed by atoms with E-state index in [1.165, 1.54) is 0 Å². The minimum atomic E-state index is -4.71. The largest absolute Gasteiger partial charge is 0.490 e. The number of rotatable bonds is 4. The molecule has 6 heteroatoms. The zero-order chi connectivity index (χ0) is 15.6. The first-order chi connectivity index (χ1) is 9.80. The third kappa shape index (κ3) is 3.46. The summed E-state index contributed by atoms with van der Waals surface area (Å²) in [6, 6.07) is 10.3. The molecular formula is C15H16F3NO2. The fourth-order valence-electron chi connectivity index (χ4n) is 2.04. The molecule has 0 aliphatic rings. The molecule has 0 saturated carbocycles. The monoisotopic (exact) mass is 299 g/mol. The highest BCUT2D eigenvalue weighted by Crippen LogP contribution is 2.33. The molecule has 0 spiro atoms. The summed E-state index contributed by atoms with van der Waals surface area (Å²) in [5, 5.41) is 10.6. The normalized spacial score (nSPS) is 15.0. The molecular weight excluding hydrogens is 283 g/mol. The lowest BCUT2D eigenvalue weighted by molar-refractivity contribution is -0.210. The van der Waals surface area contributed by atoms with Crippen LogP contribution in [0.3, 0.4) is 0 Å². The third-order valence-electron chi connectivity index (χ3n) is 3.16. The van der Waals surface area contributed by atoms with Crippen LogP contribution in [0.1, 0.15) is 18.5 Å². The number of alkyl halides is 3. The molecule has 1 unspecified atom stereocenters. The topological polar surface area (TPSA) is 55.5 Å². The number of aliphatic hydroxyl groups is 1. The molecule has 114 valence electrons. The van der Waals surface area contributed by atoms with Crippen molar-refractivity contribution in [2.24, 2.45) is 5.73 Å². The molecule has 2 atom stereocenters. The van der Waals surface area contributed by atoms with Gasteiger partial charge in [0.15, 0.2) is 6.10 Å². The molecule has 2 rings (SSSR count). The summed E-state index contributed by atoms with van der Waals surface area (Å²) < 4.78 is 42.4. The summed E-state index contributed by atoms with van der Waals surface area (Å²) >= 11 is 0. The van der Waals surface area contributed by atoms with Crippen LogP contribution >= 0.6 is 0 Å². The van der Waals surface area contributed by atoms with Crippen LogP contribution in [0.5, 0.6) is 5.75 Å². The number of hydrogen-bond acceptors (Lipinski definition) is 3. The Balaban J connectivity index is 2.38. The molecule has 0 radical (unpaired) electrons. The number of ether oxygens (including phenoxy) is 1. The van der Waals surface area contributed by atoms with E-state index in [1.807, 2.05) is 18.2 Å². The Hall–Kier alpha value is -1.79. The minimum absolute atomic E-state index is 0.284. The van der Waals surface area contributed by atoms with Crippen molar-refractivity contribution in [3.63, 3.8) is 0 Å². The van der Waals surface area contributed by atoms with Gasteiger partial charge in [0.1, 0.15) is 12.4 Å². The fraction of sp³-hybridized carbons (Fsp3) is 0.333. The molecule has 2 aromatic carbocycles. The van der Waals surface area contributed by atoms with Crippen LogP contribution in [0.4, 0.5) is 13.2 Å². The first-order valence-corrected chi connectivity index (χ1v) is 6.45. The van der Waals surface area contributed by atoms with Crippen LogP contribution < -0.4 is 10.5 Å². The van der Waals surface area contributed by atoms with E-state index in [9.17, 15) is 13.2 Å². The number of aliphatic hydroxyl groups excluding tert-OH is 1. The summed E-state index contributed by atoms with van der Waals surface area (Å²) in [7, 11) is 0. The minimum Gasteiger partial charge on any atom is -0.490 e. The summed E-state index contributed by atoms with van der Waals surface area (Å²) in [4.78, 5) is 0. The highest BCUT2D eigenvalue weighted by Gasteiger charge is 2.39. The maximum atomic E-state index is 12.4. The molecule has 3 N–H and O–H groups in total. The highest BCUT2D eigenvalue weighted by molar-refractivity contribution is 5.89. The van der Waals surface area contributed by atoms with Gasteiger partial charge < -0.3 is 15.6 Å². The van der Waals surface area contributed by atoms with Crippen LogP contribution in [0.15, 0.2) is 36.4 Å². The summed E-state index contributed by atoms with van der Waals surface area (Å²) in [5.41, 5.74) is 6.43. The first kappa shape index (κ1) is 15.6. The van der Waals surface area contributed by atoms with Gasteiger partial charge in [-0.05, 0) is 12.3 Å². The Morgan fingerprint density at radius 3 is 2.48 bits per heavy atom. The Morgan fingerprint density at radius 2 is 1.86 bits per heavy atom. The molecule has 0 bridgehead atoms. The van der Waals surface area contributed by atoms with Gasteiger partial charge in [-0.1, -0.05) is 36.4 Å². The Kier molecular flexibility index (Phi) is 4.39. The smallest absolute Gasteiger partial charge is 0.417 e. The molecule has 0 aromatic heterocycles. The van der Waals surface area contributed by atoms with E-state index in [0.29, 0.717) is 10.9 Å². The predicted molar refractivity (Wildman–Crippen MR) is 74.1 cm³/mol. The van der Waals surface area contributed by atoms with Crippen molar-refractivity contribution in [1.82, 2.24) is 0 Å². The van der Waals surface area contributed by atoms with Crippen molar-refractivity contribution in [1.29, 1.82) is 0 Å². The molecule has 0 fully saturated rings. The predicted octanol–water partition coefficient (Wildman–Crippen LogP) is 3.16. The van der Waals surface area contributed by atoms with Crippen molar-refractivity contribution in [3.05, 3.63) is 42.0 Å². The van der Waals surface area contributed by atoms with Gasteiger partial charge in [-0.3, -0.25) is 0 Å². The van der Waals surface area contributed by atoms with Gasteiger partial charge in [0.05, 0.1) is 0 Å². The number of fused-ring (bicyclic) bond motifs is 1. The zero-order valence-electron chi connectivity index (χ0n) is 11.4. The molecule has 0 heterocycles. The van der Waals surface area contributed by atoms with Crippen molar-refractivity contribution in [3.8, 4) is 5.75 Å². The molecule has 21 heavy (non-hydrogen) atoms. The summed E-state index contributed by atoms with van der Waals surface area (Å²) in [6.07, 6.45) is -7.24. The van der Waals surface area contributed by atoms with E-state index >= 15 is 0 Å². The van der Waals surface area contributed by atoms with E-state index < -0.39 is 24.9 Å². The molecule has 0 amide bonds. The molecule has 3 nitrogen and oxygen atoms in total. The molecule has 0 aliphatic carbocycles. The van der Waals surface area contributed by atoms with Crippen LogP contribution in [-0.2, 0) is 0 Å². The molecule has 2 aromatic rings. The lowest BCUT2D eigenvalue weighted by atomic mass is 10.0. The standard InChI is InChI=1S/C15H16F3NO2/c1-9(19)11-7-6-10-4-2-3-5-12(10)14(11)21-8-13(20)15(16,17)18/h2-7,9,13,20H,8,19H2,1H3/t9-,13?/m0/s1. The molecule has 0 aliphatic heterocycles. The van der Waals surface area contributed by atoms with Gasteiger partial charge in [0.25, 0.3) is 0 Å². The van der Waals surface area contributed by atoms with Crippen LogP contribution in [0, 0.1) is 0 Å². The lowest BCUT2D eigenvalue weighted by Crippen LogP contribution is -2.34. The second kappa shape index (κ2) is 5.91. The van der Waals surface area contributed by atoms with E-state index in [4.69, 9.17) is 15.6 Å². The summed E-state index contributed by atoms with van der Waals surface area (Å²) in [5.74, 6) is 0.284. The second-order valence-electron chi connectivity index (χ2n) is 4.86. The van der Waals surface area contributed by atoms with E-state index in [1.54, 1.807) is 25.1 Å². The third-order valence-corrected chi connectivity index (χ3v) is 3.16. The van der Waals surface area contributed by atoms with Crippen molar-refractivity contribution < 1.29 is 23.0 Å². The number of benzene rings is 2. The Morgan fingerprint density at radius 1 is 1.19 bits per heavy atom. The first-order valence-electron chi connectivity index (χ1n) is 6.45. The van der Waals surface area contributed by atoms with Gasteiger partial charge in [-0.25, -0.2) is 0 Å². The lowest BCUT2D eigenvalue weighted by Gasteiger charge is -2.20. The quantitative estimate of drug-likeness (QED) is 0.911. The van der Waals surface area contributed by atoms with Gasteiger partial charge in [-0.2, -0.15) is 13.2 Å². The number of halogens is 3. The summed E-state index contributed by atoms with van der Waals surface area (Å²) in [6.45, 7) is 0.856. The van der Waals surface area contributed by atoms with E-state index in [-0.39, 0.29) is 5.75 Å². The average molecular weight is 299 g/mol. The van der Waals surface area contributed by atoms with E-state index in [0.717, 1.165) is 5.39 Å². The van der Waals surface area contributed by atoms with E-state index in [2.05, 4.69) is 0 Å². The van der Waals surface area contributed by atoms with Crippen molar-refractivity contribution in [2.75, 3.05) is 6.61 Å². The highest BCUT2D eigenvalue weighted by atomic mass is 19.4. The van der Waals surface area contributed by atoms with Crippen molar-refractivity contribution >= 4 is 10.8 Å². The van der Waals surface area contributed by atoms with Crippen LogP contribution in [0.25, 0.3) is 10.8 Å². The van der Waals surface area contributed by atoms with Gasteiger partial charge in [0, 0.05) is 17.0 Å². The maximum absolute atomic E-state index is 12.4. The molecule has 0 saturated heterocycles. The van der Waals surface area contributed by atoms with Crippen LogP contribution in [0.2, 0.25) is 0 Å². The number of hydrogen-bond donors (Lipinski definition) is 2. The van der Waals surface area contributed by atoms with Crippen molar-refractivity contribution in [2.45, 2.75) is 25.2 Å². The zero-order valence-corrected chi connectivity index (χ0v) is 11.4. The van der Waals surface area contributed by atoms with Gasteiger partial charge in [0.2, 0.25) is 0 Å². The SMILES string of the molecule is C[C@H](N)c1ccc2ccccc2c1OCC(O)C(F)(F)F. The van der Waals surface area contributed by atoms with Gasteiger partial charge >= 0.3 is 6.18 Å². The maximum Gasteiger partial charge on any atom is 0.417 e. The Bertz CT molecular complexity index is 626. The second-order valence-corrected chi connectivity index (χ2v) is 4.86.